The van der Waals surface area contributed by atoms with Crippen LogP contribution in [0.1, 0.15) is 16.8 Å². The lowest BCUT2D eigenvalue weighted by atomic mass is 10.2. The molecule has 0 N–H and O–H groups in total. The second-order valence-corrected chi connectivity index (χ2v) is 6.40. The number of methoxy groups -OCH3 is 1. The van der Waals surface area contributed by atoms with Crippen molar-refractivity contribution in [3.8, 4) is 5.75 Å². The lowest BCUT2D eigenvalue weighted by molar-refractivity contribution is -0.139. The number of fused-ring (bicyclic) bond motifs is 1. The zero-order valence-electron chi connectivity index (χ0n) is 13.9. The van der Waals surface area contributed by atoms with Crippen molar-refractivity contribution < 1.29 is 14.3 Å². The number of halogens is 1. The van der Waals surface area contributed by atoms with E-state index in [-0.39, 0.29) is 6.61 Å². The van der Waals surface area contributed by atoms with Gasteiger partial charge in [0.25, 0.3) is 0 Å². The second-order valence-electron chi connectivity index (χ2n) is 5.48. The Morgan fingerprint density at radius 1 is 1.36 bits per heavy atom. The van der Waals surface area contributed by atoms with Gasteiger partial charge in [0.05, 0.1) is 12.8 Å². The van der Waals surface area contributed by atoms with Gasteiger partial charge < -0.3 is 13.9 Å². The summed E-state index contributed by atoms with van der Waals surface area (Å²) in [5, 5.41) is 0. The standard InChI is InChI=1S/C19H17BrN2O3/c1-13-4-3-9-22-11-16(21-19(13)22)12-25-18(23)8-5-14-10-15(20)6-7-17(14)24-2/h3-11H,12H2,1-2H3/b8-5+. The molecular weight excluding hydrogens is 384 g/mol. The van der Waals surface area contributed by atoms with Crippen molar-refractivity contribution in [3.63, 3.8) is 0 Å². The first-order valence-electron chi connectivity index (χ1n) is 7.68. The number of aromatic nitrogens is 2. The Bertz CT molecular complexity index is 947. The quantitative estimate of drug-likeness (QED) is 0.476. The summed E-state index contributed by atoms with van der Waals surface area (Å²) in [6, 6.07) is 9.52. The SMILES string of the molecule is COc1ccc(Br)cc1/C=C/C(=O)OCc1cn2cccc(C)c2n1. The summed E-state index contributed by atoms with van der Waals surface area (Å²) in [6.07, 6.45) is 6.82. The van der Waals surface area contributed by atoms with Gasteiger partial charge >= 0.3 is 5.97 Å². The van der Waals surface area contributed by atoms with Crippen LogP contribution in [0, 0.1) is 6.92 Å². The highest BCUT2D eigenvalue weighted by atomic mass is 79.9. The molecule has 2 aromatic heterocycles. The van der Waals surface area contributed by atoms with Crippen LogP contribution < -0.4 is 4.74 Å². The number of benzene rings is 1. The molecule has 25 heavy (non-hydrogen) atoms. The van der Waals surface area contributed by atoms with Gasteiger partial charge in [-0.05, 0) is 42.8 Å². The van der Waals surface area contributed by atoms with Gasteiger partial charge in [-0.3, -0.25) is 0 Å². The molecule has 128 valence electrons. The number of rotatable bonds is 5. The van der Waals surface area contributed by atoms with Crippen molar-refractivity contribution in [2.75, 3.05) is 7.11 Å². The van der Waals surface area contributed by atoms with E-state index in [1.807, 2.05) is 54.0 Å². The Balaban J connectivity index is 1.66. The fraction of sp³-hybridized carbons (Fsp3) is 0.158. The molecular formula is C19H17BrN2O3. The van der Waals surface area contributed by atoms with Crippen molar-refractivity contribution in [1.29, 1.82) is 0 Å². The van der Waals surface area contributed by atoms with Crippen LogP contribution in [0.15, 0.2) is 53.3 Å². The maximum absolute atomic E-state index is 12.0. The Labute approximate surface area is 154 Å². The minimum absolute atomic E-state index is 0.125. The van der Waals surface area contributed by atoms with Crippen LogP contribution >= 0.6 is 15.9 Å². The van der Waals surface area contributed by atoms with Gasteiger partial charge in [-0.15, -0.1) is 0 Å². The largest absolute Gasteiger partial charge is 0.496 e. The Hall–Kier alpha value is -2.60. The van der Waals surface area contributed by atoms with E-state index >= 15 is 0 Å². The van der Waals surface area contributed by atoms with Gasteiger partial charge in [0.15, 0.2) is 0 Å². The molecule has 0 radical (unpaired) electrons. The van der Waals surface area contributed by atoms with Crippen LogP contribution in [0.25, 0.3) is 11.7 Å². The highest BCUT2D eigenvalue weighted by molar-refractivity contribution is 9.10. The Morgan fingerprint density at radius 2 is 2.20 bits per heavy atom. The van der Waals surface area contributed by atoms with Crippen molar-refractivity contribution in [3.05, 3.63) is 70.1 Å². The third-order valence-corrected chi connectivity index (χ3v) is 4.17. The van der Waals surface area contributed by atoms with Crippen LogP contribution in [-0.4, -0.2) is 22.5 Å². The van der Waals surface area contributed by atoms with E-state index < -0.39 is 5.97 Å². The molecule has 5 nitrogen and oxygen atoms in total. The molecule has 0 amide bonds. The second kappa shape index (κ2) is 7.53. The zero-order chi connectivity index (χ0) is 17.8. The van der Waals surface area contributed by atoms with Gasteiger partial charge in [0.1, 0.15) is 18.0 Å². The number of carbonyl (C=O) groups is 1. The van der Waals surface area contributed by atoms with Gasteiger partial charge in [-0.2, -0.15) is 0 Å². The summed E-state index contributed by atoms with van der Waals surface area (Å²) in [6.45, 7) is 2.12. The maximum Gasteiger partial charge on any atom is 0.331 e. The number of esters is 1. The fourth-order valence-electron chi connectivity index (χ4n) is 2.46. The van der Waals surface area contributed by atoms with Crippen molar-refractivity contribution in [1.82, 2.24) is 9.38 Å². The fourth-order valence-corrected chi connectivity index (χ4v) is 2.84. The molecule has 0 spiro atoms. The lowest BCUT2D eigenvalue weighted by Crippen LogP contribution is -2.01. The lowest BCUT2D eigenvalue weighted by Gasteiger charge is -2.04. The average Bonchev–Trinajstić information content (AvgIpc) is 3.03. The summed E-state index contributed by atoms with van der Waals surface area (Å²) < 4.78 is 13.4. The molecule has 6 heteroatoms. The van der Waals surface area contributed by atoms with Gasteiger partial charge in [-0.1, -0.05) is 22.0 Å². The molecule has 3 rings (SSSR count). The molecule has 1 aromatic carbocycles. The van der Waals surface area contributed by atoms with Crippen LogP contribution in [0.4, 0.5) is 0 Å². The number of aryl methyl sites for hydroxylation is 1. The summed E-state index contributed by atoms with van der Waals surface area (Å²) in [4.78, 5) is 16.4. The first kappa shape index (κ1) is 17.2. The number of hydrogen-bond donors (Lipinski definition) is 0. The third kappa shape index (κ3) is 4.09. The maximum atomic E-state index is 12.0. The van der Waals surface area contributed by atoms with Gasteiger partial charge in [-0.25, -0.2) is 9.78 Å². The first-order valence-corrected chi connectivity index (χ1v) is 8.47. The minimum Gasteiger partial charge on any atom is -0.496 e. The number of hydrogen-bond acceptors (Lipinski definition) is 4. The number of carbonyl (C=O) groups excluding carboxylic acids is 1. The van der Waals surface area contributed by atoms with E-state index in [2.05, 4.69) is 20.9 Å². The molecule has 0 bridgehead atoms. The minimum atomic E-state index is -0.434. The van der Waals surface area contributed by atoms with E-state index in [9.17, 15) is 4.79 Å². The normalized spacial score (nSPS) is 11.2. The topological polar surface area (TPSA) is 52.8 Å². The molecule has 0 unspecified atom stereocenters. The molecule has 0 atom stereocenters. The summed E-state index contributed by atoms with van der Waals surface area (Å²) in [5.74, 6) is 0.249. The van der Waals surface area contributed by atoms with E-state index in [1.165, 1.54) is 6.08 Å². The molecule has 0 saturated carbocycles. The van der Waals surface area contributed by atoms with E-state index in [1.54, 1.807) is 13.2 Å². The molecule has 2 heterocycles. The third-order valence-electron chi connectivity index (χ3n) is 3.68. The van der Waals surface area contributed by atoms with Gasteiger partial charge in [0, 0.05) is 28.5 Å². The zero-order valence-corrected chi connectivity index (χ0v) is 15.5. The molecule has 0 fully saturated rings. The van der Waals surface area contributed by atoms with Crippen molar-refractivity contribution >= 4 is 33.6 Å². The Kier molecular flexibility index (Phi) is 5.19. The van der Waals surface area contributed by atoms with E-state index in [0.717, 1.165) is 21.2 Å². The van der Waals surface area contributed by atoms with Crippen LogP contribution in [-0.2, 0) is 16.1 Å². The van der Waals surface area contributed by atoms with Gasteiger partial charge in [0.2, 0.25) is 0 Å². The van der Waals surface area contributed by atoms with E-state index in [0.29, 0.717) is 11.4 Å². The molecule has 0 aliphatic rings. The molecule has 0 aliphatic carbocycles. The smallest absolute Gasteiger partial charge is 0.331 e. The molecule has 0 saturated heterocycles. The Morgan fingerprint density at radius 3 is 2.96 bits per heavy atom. The predicted octanol–water partition coefficient (Wildman–Crippen LogP) is 4.17. The summed E-state index contributed by atoms with van der Waals surface area (Å²) in [5.41, 5.74) is 3.43. The van der Waals surface area contributed by atoms with Crippen molar-refractivity contribution in [2.24, 2.45) is 0 Å². The number of imidazole rings is 1. The average molecular weight is 401 g/mol. The summed E-state index contributed by atoms with van der Waals surface area (Å²) >= 11 is 3.40. The highest BCUT2D eigenvalue weighted by Crippen LogP contribution is 2.24. The number of nitrogens with zero attached hydrogens (tertiary/aromatic N) is 2. The van der Waals surface area contributed by atoms with Crippen molar-refractivity contribution in [2.45, 2.75) is 13.5 Å². The number of pyridine rings is 1. The predicted molar refractivity (Wildman–Crippen MR) is 99.5 cm³/mol. The van der Waals surface area contributed by atoms with E-state index in [4.69, 9.17) is 9.47 Å². The van der Waals surface area contributed by atoms with Crippen LogP contribution in [0.3, 0.4) is 0 Å². The van der Waals surface area contributed by atoms with Crippen LogP contribution in [0.2, 0.25) is 0 Å². The molecule has 0 aliphatic heterocycles. The number of ether oxygens (including phenoxy) is 2. The highest BCUT2D eigenvalue weighted by Gasteiger charge is 2.06. The first-order chi connectivity index (χ1) is 12.1. The van der Waals surface area contributed by atoms with Crippen LogP contribution in [0.5, 0.6) is 5.75 Å². The monoisotopic (exact) mass is 400 g/mol. The molecule has 3 aromatic rings. The summed E-state index contributed by atoms with van der Waals surface area (Å²) in [7, 11) is 1.59.